The standard InChI is InChI=1S/C16H16Cl3N3O6/c1-10(13(24)11-5-3-2-4-6-11)22(28-12(23)9-16(17,18)19)20-14(25)21-7-8-27-15(21)26/h2-6,10H,7-9H2,1H3,(H,20,25). The van der Waals surface area contributed by atoms with Crippen molar-refractivity contribution in [3.8, 4) is 0 Å². The Labute approximate surface area is 175 Å². The van der Waals surface area contributed by atoms with Crippen LogP contribution < -0.4 is 5.43 Å². The first-order valence-electron chi connectivity index (χ1n) is 7.99. The molecule has 0 spiro atoms. The van der Waals surface area contributed by atoms with E-state index in [4.69, 9.17) is 39.6 Å². The number of hydroxylamine groups is 1. The van der Waals surface area contributed by atoms with E-state index < -0.39 is 40.1 Å². The molecule has 3 amide bonds. The zero-order valence-corrected chi connectivity index (χ0v) is 16.8. The van der Waals surface area contributed by atoms with E-state index in [2.05, 4.69) is 10.2 Å². The number of hydrogen-bond acceptors (Lipinski definition) is 7. The summed E-state index contributed by atoms with van der Waals surface area (Å²) in [4.78, 5) is 54.2. The molecule has 0 saturated carbocycles. The summed E-state index contributed by atoms with van der Waals surface area (Å²) in [5.74, 6) is -1.48. The number of rotatable bonds is 6. The molecule has 1 aromatic carbocycles. The summed E-state index contributed by atoms with van der Waals surface area (Å²) < 4.78 is 2.74. The minimum absolute atomic E-state index is 0.00160. The Kier molecular flexibility index (Phi) is 7.48. The zero-order valence-electron chi connectivity index (χ0n) is 14.6. The van der Waals surface area contributed by atoms with Crippen LogP contribution in [-0.2, 0) is 14.4 Å². The van der Waals surface area contributed by atoms with Crippen LogP contribution in [-0.4, -0.2) is 56.9 Å². The maximum atomic E-state index is 12.7. The van der Waals surface area contributed by atoms with Gasteiger partial charge in [-0.25, -0.2) is 19.9 Å². The number of urea groups is 1. The predicted molar refractivity (Wildman–Crippen MR) is 99.7 cm³/mol. The number of Topliss-reactive ketones (excluding diaryl/α,β-unsaturated/α-hetero) is 1. The number of imide groups is 1. The third kappa shape index (κ3) is 6.23. The minimum atomic E-state index is -1.93. The van der Waals surface area contributed by atoms with Crippen LogP contribution in [0.15, 0.2) is 30.3 Å². The summed E-state index contributed by atoms with van der Waals surface area (Å²) >= 11 is 16.7. The quantitative estimate of drug-likeness (QED) is 0.402. The summed E-state index contributed by atoms with van der Waals surface area (Å²) in [6, 6.07) is 6.04. The number of nitrogens with one attached hydrogen (secondary N) is 1. The van der Waals surface area contributed by atoms with Crippen molar-refractivity contribution in [3.63, 3.8) is 0 Å². The maximum absolute atomic E-state index is 12.7. The van der Waals surface area contributed by atoms with Crippen molar-refractivity contribution in [1.82, 2.24) is 15.5 Å². The average Bonchev–Trinajstić information content (AvgIpc) is 3.05. The van der Waals surface area contributed by atoms with Crippen molar-refractivity contribution >= 4 is 58.7 Å². The van der Waals surface area contributed by atoms with Crippen LogP contribution in [0, 0.1) is 0 Å². The van der Waals surface area contributed by atoms with E-state index in [-0.39, 0.29) is 13.2 Å². The van der Waals surface area contributed by atoms with Crippen molar-refractivity contribution in [2.75, 3.05) is 13.2 Å². The van der Waals surface area contributed by atoms with E-state index in [0.717, 1.165) is 4.90 Å². The number of benzene rings is 1. The largest absolute Gasteiger partial charge is 0.447 e. The lowest BCUT2D eigenvalue weighted by atomic mass is 10.1. The number of carbonyl (C=O) groups excluding carboxylic acids is 4. The van der Waals surface area contributed by atoms with E-state index in [1.165, 1.54) is 6.92 Å². The van der Waals surface area contributed by atoms with Gasteiger partial charge < -0.3 is 9.57 Å². The number of nitrogens with zero attached hydrogens (tertiary/aromatic N) is 2. The topological polar surface area (TPSA) is 105 Å². The monoisotopic (exact) mass is 451 g/mol. The van der Waals surface area contributed by atoms with Gasteiger partial charge in [0.2, 0.25) is 3.79 Å². The molecule has 0 radical (unpaired) electrons. The van der Waals surface area contributed by atoms with Gasteiger partial charge in [0, 0.05) is 5.56 Å². The lowest BCUT2D eigenvalue weighted by molar-refractivity contribution is -0.208. The molecule has 0 aliphatic carbocycles. The normalized spacial score (nSPS) is 15.2. The van der Waals surface area contributed by atoms with Crippen molar-refractivity contribution in [3.05, 3.63) is 35.9 Å². The van der Waals surface area contributed by atoms with Crippen LogP contribution in [0.25, 0.3) is 0 Å². The highest BCUT2D eigenvalue weighted by Gasteiger charge is 2.35. The van der Waals surface area contributed by atoms with Crippen LogP contribution >= 0.6 is 34.8 Å². The molecule has 1 saturated heterocycles. The number of carbonyl (C=O) groups is 4. The molecule has 12 heteroatoms. The molecule has 1 aromatic rings. The smallest absolute Gasteiger partial charge is 0.418 e. The molecular weight excluding hydrogens is 437 g/mol. The highest BCUT2D eigenvalue weighted by molar-refractivity contribution is 6.68. The molecule has 0 aromatic heterocycles. The third-order valence-corrected chi connectivity index (χ3v) is 3.95. The summed E-state index contributed by atoms with van der Waals surface area (Å²) in [6.45, 7) is 1.42. The number of hydrazine groups is 1. The lowest BCUT2D eigenvalue weighted by Crippen LogP contribution is -2.55. The highest BCUT2D eigenvalue weighted by Crippen LogP contribution is 2.30. The molecule has 9 nitrogen and oxygen atoms in total. The maximum Gasteiger partial charge on any atom is 0.418 e. The molecule has 152 valence electrons. The van der Waals surface area contributed by atoms with Crippen LogP contribution in [0.5, 0.6) is 0 Å². The van der Waals surface area contributed by atoms with Gasteiger partial charge in [0.15, 0.2) is 5.78 Å². The summed E-state index contributed by atoms with van der Waals surface area (Å²) in [5, 5.41) is 0.613. The fourth-order valence-electron chi connectivity index (χ4n) is 2.19. The second kappa shape index (κ2) is 9.42. The number of alkyl halides is 3. The van der Waals surface area contributed by atoms with E-state index in [9.17, 15) is 19.2 Å². The van der Waals surface area contributed by atoms with E-state index in [0.29, 0.717) is 10.7 Å². The van der Waals surface area contributed by atoms with Gasteiger partial charge in [-0.2, -0.15) is 0 Å². The van der Waals surface area contributed by atoms with Crippen molar-refractivity contribution in [2.45, 2.75) is 23.2 Å². The number of halogens is 3. The number of ether oxygens (including phenoxy) is 1. The molecule has 1 fully saturated rings. The third-order valence-electron chi connectivity index (χ3n) is 3.55. The Morgan fingerprint density at radius 2 is 1.93 bits per heavy atom. The van der Waals surface area contributed by atoms with Gasteiger partial charge >= 0.3 is 18.1 Å². The van der Waals surface area contributed by atoms with Gasteiger partial charge in [0.25, 0.3) is 0 Å². The molecule has 1 aliphatic heterocycles. The molecule has 1 aliphatic rings. The fraction of sp³-hybridized carbons (Fsp3) is 0.375. The minimum Gasteiger partial charge on any atom is -0.447 e. The molecule has 1 heterocycles. The average molecular weight is 453 g/mol. The molecule has 2 rings (SSSR count). The van der Waals surface area contributed by atoms with Crippen molar-refractivity contribution < 1.29 is 28.8 Å². The van der Waals surface area contributed by atoms with Crippen molar-refractivity contribution in [1.29, 1.82) is 0 Å². The van der Waals surface area contributed by atoms with Gasteiger partial charge in [-0.15, -0.1) is 0 Å². The van der Waals surface area contributed by atoms with Gasteiger partial charge in [-0.05, 0) is 12.1 Å². The first kappa shape index (κ1) is 22.2. The van der Waals surface area contributed by atoms with Gasteiger partial charge in [0.1, 0.15) is 12.6 Å². The Morgan fingerprint density at radius 3 is 2.46 bits per heavy atom. The van der Waals surface area contributed by atoms with E-state index in [1.54, 1.807) is 30.3 Å². The van der Waals surface area contributed by atoms with Gasteiger partial charge in [0.05, 0.1) is 13.0 Å². The Bertz CT molecular complexity index is 756. The summed E-state index contributed by atoms with van der Waals surface area (Å²) in [7, 11) is 0. The molecule has 1 atom stereocenters. The number of ketones is 1. The zero-order chi connectivity index (χ0) is 20.9. The second-order valence-electron chi connectivity index (χ2n) is 5.67. The van der Waals surface area contributed by atoms with E-state index >= 15 is 0 Å². The Balaban J connectivity index is 2.17. The first-order chi connectivity index (χ1) is 13.1. The fourth-order valence-corrected chi connectivity index (χ4v) is 2.51. The van der Waals surface area contributed by atoms with Crippen LogP contribution in [0.2, 0.25) is 0 Å². The van der Waals surface area contributed by atoms with Gasteiger partial charge in [-0.3, -0.25) is 9.59 Å². The number of cyclic esters (lactones) is 1. The number of hydrogen-bond donors (Lipinski definition) is 1. The van der Waals surface area contributed by atoms with Crippen LogP contribution in [0.3, 0.4) is 0 Å². The Hall–Kier alpha value is -2.07. The molecular formula is C16H16Cl3N3O6. The van der Waals surface area contributed by atoms with Crippen LogP contribution in [0.4, 0.5) is 9.59 Å². The van der Waals surface area contributed by atoms with Gasteiger partial charge in [-0.1, -0.05) is 65.1 Å². The molecule has 28 heavy (non-hydrogen) atoms. The summed E-state index contributed by atoms with van der Waals surface area (Å²) in [5.41, 5.74) is 2.50. The SMILES string of the molecule is CC(C(=O)c1ccccc1)N(NC(=O)N1CCOC1=O)OC(=O)CC(Cl)(Cl)Cl. The van der Waals surface area contributed by atoms with E-state index in [1.807, 2.05) is 0 Å². The van der Waals surface area contributed by atoms with Crippen molar-refractivity contribution in [2.24, 2.45) is 0 Å². The second-order valence-corrected chi connectivity index (χ2v) is 8.19. The predicted octanol–water partition coefficient (Wildman–Crippen LogP) is 2.86. The molecule has 1 N–H and O–H groups in total. The first-order valence-corrected chi connectivity index (χ1v) is 9.13. The number of amides is 3. The Morgan fingerprint density at radius 1 is 1.29 bits per heavy atom. The van der Waals surface area contributed by atoms with Crippen LogP contribution in [0.1, 0.15) is 23.7 Å². The highest BCUT2D eigenvalue weighted by atomic mass is 35.6. The lowest BCUT2D eigenvalue weighted by Gasteiger charge is -2.28. The molecule has 0 bridgehead atoms. The molecule has 1 unspecified atom stereocenters. The summed E-state index contributed by atoms with van der Waals surface area (Å²) in [6.07, 6.45) is -1.51.